The smallest absolute Gasteiger partial charge is 0.248 e. The third-order valence-corrected chi connectivity index (χ3v) is 9.53. The van der Waals surface area contributed by atoms with Crippen LogP contribution in [0.2, 0.25) is 0 Å². The highest BCUT2D eigenvalue weighted by molar-refractivity contribution is 7.89. The van der Waals surface area contributed by atoms with Gasteiger partial charge >= 0.3 is 0 Å². The van der Waals surface area contributed by atoms with E-state index in [0.717, 1.165) is 35.7 Å². The number of nitrogens with zero attached hydrogens (tertiary/aromatic N) is 1. The molecule has 1 heterocycles. The number of benzene rings is 3. The fourth-order valence-electron chi connectivity index (χ4n) is 5.33. The summed E-state index contributed by atoms with van der Waals surface area (Å²) in [4.78, 5) is 24.7. The molecular formula is C34H42N4O5S. The van der Waals surface area contributed by atoms with Crippen LogP contribution >= 0.6 is 0 Å². The largest absolute Gasteiger partial charge is 0.374 e. The van der Waals surface area contributed by atoms with Gasteiger partial charge in [-0.15, -0.1) is 0 Å². The van der Waals surface area contributed by atoms with Crippen molar-refractivity contribution in [2.75, 3.05) is 19.6 Å². The van der Waals surface area contributed by atoms with Crippen LogP contribution in [0.3, 0.4) is 0 Å². The number of carbonyl (C=O) groups is 2. The lowest BCUT2D eigenvalue weighted by Crippen LogP contribution is -2.55. The van der Waals surface area contributed by atoms with E-state index in [2.05, 4.69) is 27.9 Å². The highest BCUT2D eigenvalue weighted by atomic mass is 32.2. The molecule has 1 saturated heterocycles. The average Bonchev–Trinajstić information content (AvgIpc) is 3.55. The molecule has 4 N–H and O–H groups in total. The molecule has 0 bridgehead atoms. The molecule has 234 valence electrons. The van der Waals surface area contributed by atoms with Crippen LogP contribution < -0.4 is 16.0 Å². The molecule has 0 saturated carbocycles. The zero-order valence-corrected chi connectivity index (χ0v) is 26.2. The Morgan fingerprint density at radius 2 is 1.80 bits per heavy atom. The van der Waals surface area contributed by atoms with E-state index in [1.54, 1.807) is 18.2 Å². The van der Waals surface area contributed by atoms with E-state index in [4.69, 9.17) is 0 Å². The summed E-state index contributed by atoms with van der Waals surface area (Å²) in [5.41, 5.74) is -1.05. The van der Waals surface area contributed by atoms with Crippen LogP contribution in [0.1, 0.15) is 51.5 Å². The molecule has 9 nitrogen and oxygen atoms in total. The maximum atomic E-state index is 14.2. The van der Waals surface area contributed by atoms with Crippen LogP contribution in [0.25, 0.3) is 10.8 Å². The number of rotatable bonds is 13. The number of fused-ring (bicyclic) bond motifs is 1. The molecule has 0 spiro atoms. The van der Waals surface area contributed by atoms with Gasteiger partial charge in [-0.25, -0.2) is 8.42 Å². The van der Waals surface area contributed by atoms with E-state index in [1.807, 2.05) is 68.4 Å². The second kappa shape index (κ2) is 15.3. The number of hydrogen-bond donors (Lipinski definition) is 4. The predicted molar refractivity (Wildman–Crippen MR) is 172 cm³/mol. The standard InChI is InChI=1S/C34H42N4O5S/c1-26(2)25-38(44(42,43)30-18-17-28-13-6-7-14-29(28)23-30)34(41,24-27-11-4-3-5-12-27)19-22-36-32(39)16-8-9-20-37-33(40)31-15-10-21-35-31/h3-7,11-14,17-18,23,26,31,35,41H,8,10,15-16,19,21-22,24-25H2,1-2H3,(H,36,39)(H,37,40). The Kier molecular flexibility index (Phi) is 11.5. The monoisotopic (exact) mass is 618 g/mol. The molecule has 3 aromatic rings. The number of carbonyl (C=O) groups excluding carboxylic acids is 2. The molecule has 0 aromatic heterocycles. The Balaban J connectivity index is 1.47. The molecule has 2 amide bonds. The minimum absolute atomic E-state index is 0.0245. The van der Waals surface area contributed by atoms with E-state index in [1.165, 1.54) is 4.31 Å². The van der Waals surface area contributed by atoms with E-state index < -0.39 is 15.7 Å². The Morgan fingerprint density at radius 1 is 1.07 bits per heavy atom. The van der Waals surface area contributed by atoms with Crippen molar-refractivity contribution < 1.29 is 23.1 Å². The van der Waals surface area contributed by atoms with E-state index in [-0.39, 0.29) is 67.4 Å². The third-order valence-electron chi connectivity index (χ3n) is 7.61. The molecular weight excluding hydrogens is 576 g/mol. The van der Waals surface area contributed by atoms with Gasteiger partial charge in [0.15, 0.2) is 0 Å². The Hall–Kier alpha value is -3.75. The van der Waals surface area contributed by atoms with Gasteiger partial charge in [-0.3, -0.25) is 14.9 Å². The van der Waals surface area contributed by atoms with E-state index >= 15 is 0 Å². The molecule has 4 rings (SSSR count). The van der Waals surface area contributed by atoms with Gasteiger partial charge in [0, 0.05) is 44.8 Å². The summed E-state index contributed by atoms with van der Waals surface area (Å²) in [6.45, 7) is 4.77. The Bertz CT molecular complexity index is 1590. The van der Waals surface area contributed by atoms with Crippen LogP contribution in [0.4, 0.5) is 0 Å². The first-order chi connectivity index (χ1) is 21.1. The van der Waals surface area contributed by atoms with Crippen LogP contribution in [0.5, 0.6) is 0 Å². The van der Waals surface area contributed by atoms with Crippen molar-refractivity contribution in [3.63, 3.8) is 0 Å². The minimum atomic E-state index is -4.14. The van der Waals surface area contributed by atoms with Gasteiger partial charge in [0.25, 0.3) is 0 Å². The fraction of sp³-hybridized carbons (Fsp3) is 0.412. The molecule has 0 radical (unpaired) electrons. The second-order valence-electron chi connectivity index (χ2n) is 11.6. The average molecular weight is 619 g/mol. The SMILES string of the molecule is CC(C)CN(C(O)(CCNC(=O)CCC#CNC(=O)C1CCCN1)Cc1ccccc1)S(=O)(=O)c1ccc2ccccc2c1. The molecule has 1 fully saturated rings. The van der Waals surface area contributed by atoms with Gasteiger partial charge in [0.2, 0.25) is 21.8 Å². The summed E-state index contributed by atoms with van der Waals surface area (Å²) in [5.74, 6) is 2.27. The first-order valence-corrected chi connectivity index (χ1v) is 16.6. The van der Waals surface area contributed by atoms with Gasteiger partial charge in [0.1, 0.15) is 5.72 Å². The summed E-state index contributed by atoms with van der Waals surface area (Å²) in [6.07, 6.45) is 2.11. The maximum Gasteiger partial charge on any atom is 0.248 e. The summed E-state index contributed by atoms with van der Waals surface area (Å²) >= 11 is 0. The molecule has 2 unspecified atom stereocenters. The van der Waals surface area contributed by atoms with Crippen molar-refractivity contribution >= 4 is 32.6 Å². The fourth-order valence-corrected chi connectivity index (χ4v) is 7.20. The van der Waals surface area contributed by atoms with Crippen LogP contribution in [-0.2, 0) is 26.0 Å². The molecule has 10 heteroatoms. The van der Waals surface area contributed by atoms with E-state index in [0.29, 0.717) is 0 Å². The lowest BCUT2D eigenvalue weighted by atomic mass is 9.98. The topological polar surface area (TPSA) is 128 Å². The normalized spacial score (nSPS) is 16.3. The van der Waals surface area contributed by atoms with Gasteiger partial charge in [-0.05, 0) is 53.8 Å². The first-order valence-electron chi connectivity index (χ1n) is 15.1. The van der Waals surface area contributed by atoms with Crippen molar-refractivity contribution in [3.8, 4) is 12.0 Å². The van der Waals surface area contributed by atoms with Gasteiger partial charge in [0.05, 0.1) is 10.9 Å². The van der Waals surface area contributed by atoms with Crippen LogP contribution in [0.15, 0.2) is 77.7 Å². The number of sulfonamides is 1. The molecule has 0 aliphatic carbocycles. The van der Waals surface area contributed by atoms with Crippen LogP contribution in [-0.4, -0.2) is 61.0 Å². The zero-order valence-electron chi connectivity index (χ0n) is 25.4. The molecule has 1 aliphatic rings. The molecule has 1 aliphatic heterocycles. The number of nitrogens with one attached hydrogen (secondary N) is 3. The molecule has 2 atom stereocenters. The quantitative estimate of drug-likeness (QED) is 0.132. The second-order valence-corrected chi connectivity index (χ2v) is 13.5. The lowest BCUT2D eigenvalue weighted by molar-refractivity contribution is -0.122. The summed E-state index contributed by atoms with van der Waals surface area (Å²) in [5, 5.41) is 22.4. The molecule has 3 aromatic carbocycles. The summed E-state index contributed by atoms with van der Waals surface area (Å²) in [6, 6.07) is 24.1. The van der Waals surface area contributed by atoms with Crippen LogP contribution in [0, 0.1) is 17.9 Å². The van der Waals surface area contributed by atoms with Crippen molar-refractivity contribution in [3.05, 3.63) is 78.4 Å². The lowest BCUT2D eigenvalue weighted by Gasteiger charge is -2.40. The zero-order chi connectivity index (χ0) is 31.6. The van der Waals surface area contributed by atoms with Crippen molar-refractivity contribution in [2.24, 2.45) is 5.92 Å². The summed E-state index contributed by atoms with van der Waals surface area (Å²) < 4.78 is 29.6. The van der Waals surface area contributed by atoms with Crippen molar-refractivity contribution in [1.82, 2.24) is 20.3 Å². The Labute approximate surface area is 260 Å². The van der Waals surface area contributed by atoms with Crippen molar-refractivity contribution in [2.45, 2.75) is 69.0 Å². The van der Waals surface area contributed by atoms with Gasteiger partial charge < -0.3 is 15.7 Å². The summed E-state index contributed by atoms with van der Waals surface area (Å²) in [7, 11) is -4.14. The minimum Gasteiger partial charge on any atom is -0.374 e. The molecule has 44 heavy (non-hydrogen) atoms. The highest BCUT2D eigenvalue weighted by Crippen LogP contribution is 2.31. The number of aliphatic hydroxyl groups is 1. The first kappa shape index (κ1) is 33.1. The number of hydrogen-bond acceptors (Lipinski definition) is 6. The third kappa shape index (κ3) is 8.89. The predicted octanol–water partition coefficient (Wildman–Crippen LogP) is 3.53. The highest BCUT2D eigenvalue weighted by Gasteiger charge is 2.43. The maximum absolute atomic E-state index is 14.2. The van der Waals surface area contributed by atoms with Gasteiger partial charge in [-0.2, -0.15) is 4.31 Å². The van der Waals surface area contributed by atoms with Gasteiger partial charge in [-0.1, -0.05) is 80.4 Å². The Morgan fingerprint density at radius 3 is 2.50 bits per heavy atom. The van der Waals surface area contributed by atoms with E-state index in [9.17, 15) is 23.1 Å². The number of amides is 2. The van der Waals surface area contributed by atoms with Crippen molar-refractivity contribution in [1.29, 1.82) is 0 Å².